The van der Waals surface area contributed by atoms with Gasteiger partial charge in [0.25, 0.3) is 0 Å². The molecule has 1 rings (SSSR count). The zero-order chi connectivity index (χ0) is 9.52. The minimum absolute atomic E-state index is 0.953. The predicted molar refractivity (Wildman–Crippen MR) is 61.0 cm³/mol. The molecule has 0 saturated heterocycles. The summed E-state index contributed by atoms with van der Waals surface area (Å²) in [5.41, 5.74) is 0. The minimum Gasteiger partial charge on any atom is -0.487 e. The first-order chi connectivity index (χ1) is 6.36. The van der Waals surface area contributed by atoms with Crippen molar-refractivity contribution in [3.8, 4) is 5.06 Å². The lowest BCUT2D eigenvalue weighted by Gasteiger charge is -1.99. The molecule has 0 aliphatic heterocycles. The largest absolute Gasteiger partial charge is 0.487 e. The number of hydrogen-bond donors (Lipinski definition) is 1. The average Bonchev–Trinajstić information content (AvgIpc) is 2.60. The van der Waals surface area contributed by atoms with E-state index < -0.39 is 0 Å². The zero-order valence-corrected chi connectivity index (χ0v) is 9.63. The smallest absolute Gasteiger partial charge is 0.173 e. The van der Waals surface area contributed by atoms with Crippen LogP contribution in [0.4, 0.5) is 0 Å². The number of nitrogens with one attached hydrogen (secondary N) is 1. The molecule has 74 valence electrons. The molecule has 0 atom stereocenters. The van der Waals surface area contributed by atoms with E-state index in [9.17, 15) is 0 Å². The Morgan fingerprint density at radius 3 is 3.00 bits per heavy atom. The maximum absolute atomic E-state index is 5.11. The third-order valence-electron chi connectivity index (χ3n) is 1.62. The molecule has 0 unspecified atom stereocenters. The van der Waals surface area contributed by atoms with Gasteiger partial charge in [0.05, 0.1) is 7.11 Å². The van der Waals surface area contributed by atoms with Crippen LogP contribution in [-0.4, -0.2) is 25.7 Å². The second-order valence-corrected chi connectivity index (χ2v) is 4.71. The Bertz CT molecular complexity index is 237. The van der Waals surface area contributed by atoms with Crippen molar-refractivity contribution in [3.05, 3.63) is 17.0 Å². The van der Waals surface area contributed by atoms with Crippen LogP contribution in [0.25, 0.3) is 0 Å². The van der Waals surface area contributed by atoms with Crippen LogP contribution in [0.5, 0.6) is 5.06 Å². The highest BCUT2D eigenvalue weighted by Crippen LogP contribution is 2.23. The maximum Gasteiger partial charge on any atom is 0.173 e. The molecule has 0 aliphatic rings. The summed E-state index contributed by atoms with van der Waals surface area (Å²) in [7, 11) is 1.71. The molecular formula is C9H15NOS2. The first-order valence-corrected chi connectivity index (χ1v) is 6.40. The van der Waals surface area contributed by atoms with E-state index >= 15 is 0 Å². The molecule has 0 bridgehead atoms. The SMILES string of the molecule is COc1ccc(CNCCSC)s1. The highest BCUT2D eigenvalue weighted by molar-refractivity contribution is 7.98. The van der Waals surface area contributed by atoms with E-state index in [1.54, 1.807) is 18.4 Å². The number of thiophene rings is 1. The summed E-state index contributed by atoms with van der Waals surface area (Å²) in [5, 5.41) is 4.36. The van der Waals surface area contributed by atoms with Crippen molar-refractivity contribution in [2.45, 2.75) is 6.54 Å². The maximum atomic E-state index is 5.11. The summed E-state index contributed by atoms with van der Waals surface area (Å²) in [4.78, 5) is 1.33. The van der Waals surface area contributed by atoms with Gasteiger partial charge in [0, 0.05) is 23.7 Å². The predicted octanol–water partition coefficient (Wildman–Crippen LogP) is 2.21. The van der Waals surface area contributed by atoms with Crippen molar-refractivity contribution in [1.29, 1.82) is 0 Å². The molecule has 4 heteroatoms. The number of ether oxygens (including phenoxy) is 1. The van der Waals surface area contributed by atoms with Crippen LogP contribution in [0.1, 0.15) is 4.88 Å². The Balaban J connectivity index is 2.20. The molecule has 0 aliphatic carbocycles. The number of hydrogen-bond acceptors (Lipinski definition) is 4. The molecule has 0 saturated carbocycles. The zero-order valence-electron chi connectivity index (χ0n) is 8.00. The van der Waals surface area contributed by atoms with E-state index in [-0.39, 0.29) is 0 Å². The second kappa shape index (κ2) is 6.29. The van der Waals surface area contributed by atoms with E-state index in [2.05, 4.69) is 17.6 Å². The van der Waals surface area contributed by atoms with E-state index in [0.717, 1.165) is 18.2 Å². The van der Waals surface area contributed by atoms with Gasteiger partial charge < -0.3 is 10.1 Å². The summed E-state index contributed by atoms with van der Waals surface area (Å²) < 4.78 is 5.11. The molecule has 0 fully saturated rings. The lowest BCUT2D eigenvalue weighted by atomic mass is 10.4. The molecule has 0 amide bonds. The molecule has 2 nitrogen and oxygen atoms in total. The van der Waals surface area contributed by atoms with Gasteiger partial charge in [0.2, 0.25) is 0 Å². The highest BCUT2D eigenvalue weighted by Gasteiger charge is 1.98. The average molecular weight is 217 g/mol. The number of thioether (sulfide) groups is 1. The normalized spacial score (nSPS) is 10.3. The second-order valence-electron chi connectivity index (χ2n) is 2.59. The Hall–Kier alpha value is -0.190. The minimum atomic E-state index is 0.953. The van der Waals surface area contributed by atoms with Gasteiger partial charge in [-0.2, -0.15) is 11.8 Å². The first kappa shape index (κ1) is 10.9. The number of methoxy groups -OCH3 is 1. The lowest BCUT2D eigenvalue weighted by Crippen LogP contribution is -2.15. The van der Waals surface area contributed by atoms with E-state index in [1.807, 2.05) is 17.8 Å². The number of rotatable bonds is 6. The van der Waals surface area contributed by atoms with Crippen molar-refractivity contribution in [1.82, 2.24) is 5.32 Å². The quantitative estimate of drug-likeness (QED) is 0.738. The molecule has 1 aromatic heterocycles. The third kappa shape index (κ3) is 4.02. The Morgan fingerprint density at radius 2 is 2.38 bits per heavy atom. The molecule has 1 heterocycles. The highest BCUT2D eigenvalue weighted by atomic mass is 32.2. The van der Waals surface area contributed by atoms with Crippen LogP contribution in [0.15, 0.2) is 12.1 Å². The fourth-order valence-corrected chi connectivity index (χ4v) is 2.09. The Labute approximate surface area is 87.7 Å². The van der Waals surface area contributed by atoms with Gasteiger partial charge in [0.1, 0.15) is 0 Å². The van der Waals surface area contributed by atoms with Gasteiger partial charge in [0.15, 0.2) is 5.06 Å². The van der Waals surface area contributed by atoms with Crippen molar-refractivity contribution in [2.75, 3.05) is 25.7 Å². The monoisotopic (exact) mass is 217 g/mol. The summed E-state index contributed by atoms with van der Waals surface area (Å²) >= 11 is 3.56. The standard InChI is InChI=1S/C9H15NOS2/c1-11-9-4-3-8(13-9)7-10-5-6-12-2/h3-4,10H,5-7H2,1-2H3. The van der Waals surface area contributed by atoms with Gasteiger partial charge in [-0.15, -0.1) is 11.3 Å². The summed E-state index contributed by atoms with van der Waals surface area (Å²) in [6.45, 7) is 2.02. The van der Waals surface area contributed by atoms with Gasteiger partial charge >= 0.3 is 0 Å². The summed E-state index contributed by atoms with van der Waals surface area (Å²) in [6, 6.07) is 4.12. The van der Waals surface area contributed by atoms with E-state index in [4.69, 9.17) is 4.74 Å². The van der Waals surface area contributed by atoms with E-state index in [0.29, 0.717) is 0 Å². The molecule has 0 aromatic carbocycles. The molecule has 13 heavy (non-hydrogen) atoms. The van der Waals surface area contributed by atoms with Gasteiger partial charge in [-0.1, -0.05) is 0 Å². The van der Waals surface area contributed by atoms with Crippen molar-refractivity contribution in [2.24, 2.45) is 0 Å². The van der Waals surface area contributed by atoms with E-state index in [1.165, 1.54) is 10.6 Å². The molecule has 1 aromatic rings. The third-order valence-corrected chi connectivity index (χ3v) is 3.28. The summed E-state index contributed by atoms with van der Waals surface area (Å²) in [5.74, 6) is 1.17. The van der Waals surface area contributed by atoms with Crippen molar-refractivity contribution < 1.29 is 4.74 Å². The van der Waals surface area contributed by atoms with Gasteiger partial charge in [-0.3, -0.25) is 0 Å². The fraction of sp³-hybridized carbons (Fsp3) is 0.556. The van der Waals surface area contributed by atoms with Crippen molar-refractivity contribution in [3.63, 3.8) is 0 Å². The van der Waals surface area contributed by atoms with Crippen LogP contribution >= 0.6 is 23.1 Å². The Kier molecular flexibility index (Phi) is 5.27. The van der Waals surface area contributed by atoms with Crippen LogP contribution in [0, 0.1) is 0 Å². The summed E-state index contributed by atoms with van der Waals surface area (Å²) in [6.07, 6.45) is 2.12. The first-order valence-electron chi connectivity index (χ1n) is 4.19. The van der Waals surface area contributed by atoms with Crippen LogP contribution in [0.2, 0.25) is 0 Å². The molecule has 0 radical (unpaired) electrons. The Morgan fingerprint density at radius 1 is 1.54 bits per heavy atom. The molecule has 0 spiro atoms. The van der Waals surface area contributed by atoms with Crippen LogP contribution in [0.3, 0.4) is 0 Å². The van der Waals surface area contributed by atoms with Crippen molar-refractivity contribution >= 4 is 23.1 Å². The fourth-order valence-electron chi connectivity index (χ4n) is 0.949. The lowest BCUT2D eigenvalue weighted by molar-refractivity contribution is 0.427. The molecular weight excluding hydrogens is 202 g/mol. The van der Waals surface area contributed by atoms with Crippen LogP contribution < -0.4 is 10.1 Å². The van der Waals surface area contributed by atoms with Gasteiger partial charge in [-0.05, 0) is 18.4 Å². The van der Waals surface area contributed by atoms with Gasteiger partial charge in [-0.25, -0.2) is 0 Å². The van der Waals surface area contributed by atoms with Crippen LogP contribution in [-0.2, 0) is 6.54 Å². The molecule has 1 N–H and O–H groups in total. The topological polar surface area (TPSA) is 21.3 Å².